The predicted octanol–water partition coefficient (Wildman–Crippen LogP) is 2.55. The van der Waals surface area contributed by atoms with Crippen LogP contribution in [0.4, 0.5) is 0 Å². The Kier molecular flexibility index (Phi) is 4.56. The van der Waals surface area contributed by atoms with E-state index in [0.29, 0.717) is 0 Å². The number of hydrogen-bond acceptors (Lipinski definition) is 5. The summed E-state index contributed by atoms with van der Waals surface area (Å²) in [6.07, 6.45) is 2.78. The molecule has 7 nitrogen and oxygen atoms in total. The maximum Gasteiger partial charge on any atom is 0.333 e. The minimum Gasteiger partial charge on any atom is -0.494 e. The molecule has 0 atom stereocenters. The van der Waals surface area contributed by atoms with E-state index in [1.165, 1.54) is 14.1 Å². The van der Waals surface area contributed by atoms with Gasteiger partial charge in [-0.2, -0.15) is 10.2 Å². The van der Waals surface area contributed by atoms with Crippen molar-refractivity contribution in [3.8, 4) is 5.88 Å². The van der Waals surface area contributed by atoms with Crippen LogP contribution in [0.5, 0.6) is 5.88 Å². The Morgan fingerprint density at radius 1 is 0.793 bits per heavy atom. The van der Waals surface area contributed by atoms with Gasteiger partial charge < -0.3 is 5.11 Å². The van der Waals surface area contributed by atoms with Crippen LogP contribution in [0.15, 0.2) is 74.4 Å². The minimum absolute atomic E-state index is 0.102. The van der Waals surface area contributed by atoms with Crippen LogP contribution in [0.25, 0.3) is 21.5 Å². The highest BCUT2D eigenvalue weighted by Gasteiger charge is 2.12. The van der Waals surface area contributed by atoms with Gasteiger partial charge >= 0.3 is 5.69 Å². The average Bonchev–Trinajstić information content (AvgIpc) is 2.75. The first-order valence-corrected chi connectivity index (χ1v) is 8.95. The van der Waals surface area contributed by atoms with Gasteiger partial charge in [0, 0.05) is 19.7 Å². The lowest BCUT2D eigenvalue weighted by molar-refractivity contribution is 0.410. The van der Waals surface area contributed by atoms with Gasteiger partial charge in [0.15, 0.2) is 0 Å². The lowest BCUT2D eigenvalue weighted by Crippen LogP contribution is -2.38. The summed E-state index contributed by atoms with van der Waals surface area (Å²) in [6, 6.07) is 18.1. The Hall–Kier alpha value is -4.00. The van der Waals surface area contributed by atoms with Crippen LogP contribution >= 0.6 is 0 Å². The number of rotatable bonds is 3. The molecule has 0 saturated heterocycles. The standard InChI is InChI=1S/C22H18N4O3/c1-25-20(27)19(21(28)26(2)22(25)29)13-24-23-12-18-16-9-5-3-7-14(16)11-15-8-4-6-10-17(15)18/h3-13,27H,1-2H3/b23-12+,24-13-. The molecule has 4 aromatic rings. The third kappa shape index (κ3) is 3.12. The number of hydrogen-bond donors (Lipinski definition) is 1. The summed E-state index contributed by atoms with van der Waals surface area (Å²) < 4.78 is 1.88. The molecule has 1 N–H and O–H groups in total. The van der Waals surface area contributed by atoms with Crippen molar-refractivity contribution in [1.82, 2.24) is 9.13 Å². The summed E-state index contributed by atoms with van der Waals surface area (Å²) in [6.45, 7) is 0. The van der Waals surface area contributed by atoms with Crippen LogP contribution in [-0.2, 0) is 14.1 Å². The Balaban J connectivity index is 1.81. The molecule has 1 heterocycles. The van der Waals surface area contributed by atoms with E-state index in [-0.39, 0.29) is 5.56 Å². The van der Waals surface area contributed by atoms with E-state index in [2.05, 4.69) is 16.3 Å². The Bertz CT molecular complexity index is 1370. The van der Waals surface area contributed by atoms with Crippen LogP contribution in [0.2, 0.25) is 0 Å². The normalized spacial score (nSPS) is 11.9. The topological polar surface area (TPSA) is 88.9 Å². The third-order valence-corrected chi connectivity index (χ3v) is 4.92. The maximum atomic E-state index is 12.2. The SMILES string of the molecule is Cn1c(O)c(/C=N\N=C\c2c3ccccc3cc3ccccc23)c(=O)n(C)c1=O. The molecule has 0 fully saturated rings. The van der Waals surface area contributed by atoms with E-state index in [4.69, 9.17) is 0 Å². The predicted molar refractivity (Wildman–Crippen MR) is 115 cm³/mol. The Labute approximate surface area is 165 Å². The lowest BCUT2D eigenvalue weighted by atomic mass is 9.97. The summed E-state index contributed by atoms with van der Waals surface area (Å²) in [4.78, 5) is 24.0. The second-order valence-corrected chi connectivity index (χ2v) is 6.66. The summed E-state index contributed by atoms with van der Waals surface area (Å²) in [5, 5.41) is 22.4. The van der Waals surface area contributed by atoms with Gasteiger partial charge in [0.1, 0.15) is 5.56 Å². The van der Waals surface area contributed by atoms with E-state index in [9.17, 15) is 14.7 Å². The van der Waals surface area contributed by atoms with Gasteiger partial charge in [0.05, 0.1) is 12.4 Å². The summed E-state index contributed by atoms with van der Waals surface area (Å²) in [5.41, 5.74) is -0.446. The molecule has 0 bridgehead atoms. The summed E-state index contributed by atoms with van der Waals surface area (Å²) >= 11 is 0. The lowest BCUT2D eigenvalue weighted by Gasteiger charge is -2.07. The van der Waals surface area contributed by atoms with Crippen LogP contribution in [0.1, 0.15) is 11.1 Å². The van der Waals surface area contributed by atoms with Crippen molar-refractivity contribution >= 4 is 34.0 Å². The molecule has 0 aliphatic heterocycles. The molecule has 144 valence electrons. The van der Waals surface area contributed by atoms with E-state index in [1.807, 2.05) is 48.5 Å². The molecular weight excluding hydrogens is 368 g/mol. The Morgan fingerprint density at radius 2 is 1.31 bits per heavy atom. The first-order chi connectivity index (χ1) is 14.0. The first kappa shape index (κ1) is 18.4. The van der Waals surface area contributed by atoms with Crippen LogP contribution in [-0.4, -0.2) is 26.7 Å². The smallest absolute Gasteiger partial charge is 0.333 e. The molecule has 0 saturated carbocycles. The van der Waals surface area contributed by atoms with Crippen LogP contribution < -0.4 is 11.2 Å². The summed E-state index contributed by atoms with van der Waals surface area (Å²) in [7, 11) is 2.72. The quantitative estimate of drug-likeness (QED) is 0.333. The highest BCUT2D eigenvalue weighted by molar-refractivity contribution is 6.13. The molecule has 1 aromatic heterocycles. The van der Waals surface area contributed by atoms with Crippen molar-refractivity contribution in [2.75, 3.05) is 0 Å². The van der Waals surface area contributed by atoms with Crippen molar-refractivity contribution in [2.24, 2.45) is 24.3 Å². The second-order valence-electron chi connectivity index (χ2n) is 6.66. The molecule has 0 radical (unpaired) electrons. The fraction of sp³-hybridized carbons (Fsp3) is 0.0909. The van der Waals surface area contributed by atoms with Crippen molar-refractivity contribution in [1.29, 1.82) is 0 Å². The monoisotopic (exact) mass is 386 g/mol. The van der Waals surface area contributed by atoms with Crippen molar-refractivity contribution in [3.63, 3.8) is 0 Å². The van der Waals surface area contributed by atoms with Crippen molar-refractivity contribution in [3.05, 3.63) is 86.6 Å². The molecule has 3 aromatic carbocycles. The maximum absolute atomic E-state index is 12.2. The average molecular weight is 386 g/mol. The van der Waals surface area contributed by atoms with E-state index in [0.717, 1.165) is 42.5 Å². The highest BCUT2D eigenvalue weighted by atomic mass is 16.3. The van der Waals surface area contributed by atoms with Crippen LogP contribution in [0.3, 0.4) is 0 Å². The minimum atomic E-state index is -0.639. The zero-order valence-corrected chi connectivity index (χ0v) is 15.9. The van der Waals surface area contributed by atoms with Gasteiger partial charge in [-0.3, -0.25) is 13.9 Å². The van der Waals surface area contributed by atoms with Gasteiger partial charge in [-0.1, -0.05) is 48.5 Å². The van der Waals surface area contributed by atoms with Crippen LogP contribution in [0, 0.1) is 0 Å². The fourth-order valence-electron chi connectivity index (χ4n) is 3.34. The Morgan fingerprint density at radius 3 is 1.90 bits per heavy atom. The van der Waals surface area contributed by atoms with Crippen molar-refractivity contribution < 1.29 is 5.11 Å². The number of aromatic nitrogens is 2. The number of fused-ring (bicyclic) bond motifs is 2. The molecule has 29 heavy (non-hydrogen) atoms. The van der Waals surface area contributed by atoms with Crippen molar-refractivity contribution in [2.45, 2.75) is 0 Å². The molecule has 4 rings (SSSR count). The van der Waals surface area contributed by atoms with E-state index in [1.54, 1.807) is 6.21 Å². The molecule has 7 heteroatoms. The number of aromatic hydroxyl groups is 1. The van der Waals surface area contributed by atoms with E-state index < -0.39 is 17.1 Å². The zero-order valence-electron chi connectivity index (χ0n) is 15.9. The fourth-order valence-corrected chi connectivity index (χ4v) is 3.34. The highest BCUT2D eigenvalue weighted by Crippen LogP contribution is 2.27. The molecule has 0 aliphatic rings. The van der Waals surface area contributed by atoms with Gasteiger partial charge in [-0.15, -0.1) is 0 Å². The zero-order chi connectivity index (χ0) is 20.5. The first-order valence-electron chi connectivity index (χ1n) is 8.95. The third-order valence-electron chi connectivity index (χ3n) is 4.92. The van der Waals surface area contributed by atoms with Gasteiger partial charge in [0.25, 0.3) is 5.56 Å². The number of nitrogens with zero attached hydrogens (tertiary/aromatic N) is 4. The molecule has 0 unspecified atom stereocenters. The van der Waals surface area contributed by atoms with Gasteiger partial charge in [0.2, 0.25) is 5.88 Å². The summed E-state index contributed by atoms with van der Waals surface area (Å²) in [5.74, 6) is -0.451. The van der Waals surface area contributed by atoms with Gasteiger partial charge in [-0.05, 0) is 27.6 Å². The largest absolute Gasteiger partial charge is 0.494 e. The molecular formula is C22H18N4O3. The second kappa shape index (κ2) is 7.20. The van der Waals surface area contributed by atoms with Gasteiger partial charge in [-0.25, -0.2) is 4.79 Å². The molecule has 0 spiro atoms. The number of benzene rings is 3. The van der Waals surface area contributed by atoms with E-state index >= 15 is 0 Å². The molecule has 0 aliphatic carbocycles. The molecule has 0 amide bonds.